The van der Waals surface area contributed by atoms with Crippen molar-refractivity contribution in [2.75, 3.05) is 0 Å². The van der Waals surface area contributed by atoms with E-state index in [4.69, 9.17) is 0 Å². The van der Waals surface area contributed by atoms with Crippen molar-refractivity contribution in [3.05, 3.63) is 20.8 Å². The number of halogens is 1. The van der Waals surface area contributed by atoms with Crippen LogP contribution in [0.5, 0.6) is 0 Å². The van der Waals surface area contributed by atoms with Crippen LogP contribution in [0.15, 0.2) is 15.9 Å². The second kappa shape index (κ2) is 5.63. The largest absolute Gasteiger partial charge is 0.393 e. The zero-order valence-electron chi connectivity index (χ0n) is 9.45. The van der Waals surface area contributed by atoms with Crippen molar-refractivity contribution in [1.29, 1.82) is 0 Å². The zero-order valence-corrected chi connectivity index (χ0v) is 11.9. The first kappa shape index (κ1) is 12.6. The van der Waals surface area contributed by atoms with Crippen LogP contribution in [-0.2, 0) is 0 Å². The van der Waals surface area contributed by atoms with Crippen LogP contribution in [0, 0.1) is 0 Å². The lowest BCUT2D eigenvalue weighted by molar-refractivity contribution is 0.109. The Labute approximate surface area is 109 Å². The van der Waals surface area contributed by atoms with E-state index in [2.05, 4.69) is 39.6 Å². The normalized spacial score (nSPS) is 27.9. The molecule has 3 atom stereocenters. The monoisotopic (exact) mass is 303 g/mol. The first-order valence-electron chi connectivity index (χ1n) is 5.84. The highest BCUT2D eigenvalue weighted by Gasteiger charge is 2.22. The molecule has 0 amide bonds. The molecule has 0 aromatic carbocycles. The average molecular weight is 304 g/mol. The third-order valence-electron chi connectivity index (χ3n) is 3.17. The molecule has 0 bridgehead atoms. The molecule has 0 spiro atoms. The third-order valence-corrected chi connectivity index (χ3v) is 5.22. The van der Waals surface area contributed by atoms with Crippen molar-refractivity contribution in [2.45, 2.75) is 50.8 Å². The predicted molar refractivity (Wildman–Crippen MR) is 71.8 cm³/mol. The molecular weight excluding hydrogens is 286 g/mol. The molecule has 1 aromatic rings. The third kappa shape index (κ3) is 3.06. The molecule has 1 saturated carbocycles. The molecule has 2 nitrogen and oxygen atoms in total. The Morgan fingerprint density at radius 3 is 3.00 bits per heavy atom. The summed E-state index contributed by atoms with van der Waals surface area (Å²) in [5, 5.41) is 15.3. The number of aliphatic hydroxyl groups is 1. The summed E-state index contributed by atoms with van der Waals surface area (Å²) in [7, 11) is 0. The van der Waals surface area contributed by atoms with Crippen LogP contribution >= 0.6 is 27.3 Å². The van der Waals surface area contributed by atoms with E-state index >= 15 is 0 Å². The van der Waals surface area contributed by atoms with E-state index < -0.39 is 0 Å². The van der Waals surface area contributed by atoms with Crippen LogP contribution in [0.4, 0.5) is 0 Å². The second-order valence-electron chi connectivity index (χ2n) is 4.54. The van der Waals surface area contributed by atoms with Crippen molar-refractivity contribution in [3.8, 4) is 0 Å². The van der Waals surface area contributed by atoms with Gasteiger partial charge in [0.2, 0.25) is 0 Å². The molecule has 4 heteroatoms. The summed E-state index contributed by atoms with van der Waals surface area (Å²) in [4.78, 5) is 1.35. The lowest BCUT2D eigenvalue weighted by Gasteiger charge is -2.29. The van der Waals surface area contributed by atoms with Gasteiger partial charge < -0.3 is 10.4 Å². The molecule has 0 radical (unpaired) electrons. The Morgan fingerprint density at radius 2 is 2.38 bits per heavy atom. The van der Waals surface area contributed by atoms with Crippen molar-refractivity contribution >= 4 is 27.3 Å². The summed E-state index contributed by atoms with van der Waals surface area (Å²) in [6, 6.07) is 2.92. The summed E-state index contributed by atoms with van der Waals surface area (Å²) in [6.07, 6.45) is 4.08. The van der Waals surface area contributed by atoms with Gasteiger partial charge in [-0.2, -0.15) is 0 Å². The minimum atomic E-state index is -0.106. The van der Waals surface area contributed by atoms with E-state index in [1.807, 2.05) is 0 Å². The first-order valence-corrected chi connectivity index (χ1v) is 7.51. The van der Waals surface area contributed by atoms with Crippen molar-refractivity contribution in [3.63, 3.8) is 0 Å². The van der Waals surface area contributed by atoms with E-state index in [-0.39, 0.29) is 6.10 Å². The topological polar surface area (TPSA) is 32.3 Å². The number of hydrogen-bond acceptors (Lipinski definition) is 3. The van der Waals surface area contributed by atoms with Gasteiger partial charge in [-0.1, -0.05) is 0 Å². The van der Waals surface area contributed by atoms with E-state index in [0.717, 1.165) is 19.3 Å². The van der Waals surface area contributed by atoms with E-state index in [1.54, 1.807) is 11.3 Å². The molecule has 0 saturated heterocycles. The Balaban J connectivity index is 1.92. The summed E-state index contributed by atoms with van der Waals surface area (Å²) >= 11 is 5.34. The van der Waals surface area contributed by atoms with Gasteiger partial charge in [-0.05, 0) is 60.0 Å². The van der Waals surface area contributed by atoms with Crippen LogP contribution in [0.25, 0.3) is 0 Å². The fourth-order valence-corrected chi connectivity index (χ4v) is 4.09. The van der Waals surface area contributed by atoms with E-state index in [9.17, 15) is 5.11 Å². The fraction of sp³-hybridized carbons (Fsp3) is 0.667. The summed E-state index contributed by atoms with van der Waals surface area (Å²) in [5.41, 5.74) is 0. The van der Waals surface area contributed by atoms with Gasteiger partial charge in [0, 0.05) is 21.4 Å². The lowest BCUT2D eigenvalue weighted by Crippen LogP contribution is -2.37. The number of thiophene rings is 1. The van der Waals surface area contributed by atoms with Crippen LogP contribution in [0.3, 0.4) is 0 Å². The highest BCUT2D eigenvalue weighted by molar-refractivity contribution is 9.10. The van der Waals surface area contributed by atoms with Gasteiger partial charge >= 0.3 is 0 Å². The standard InChI is InChI=1S/C12H18BrNOS/c1-8(12-11(13)5-6-16-12)14-9-3-2-4-10(15)7-9/h5-6,8-10,14-15H,2-4,7H2,1H3. The molecule has 2 rings (SSSR count). The molecular formula is C12H18BrNOS. The molecule has 90 valence electrons. The molecule has 1 aromatic heterocycles. The minimum absolute atomic E-state index is 0.106. The quantitative estimate of drug-likeness (QED) is 0.896. The zero-order chi connectivity index (χ0) is 11.5. The Morgan fingerprint density at radius 1 is 1.56 bits per heavy atom. The first-order chi connectivity index (χ1) is 7.66. The number of rotatable bonds is 3. The van der Waals surface area contributed by atoms with Crippen molar-refractivity contribution in [1.82, 2.24) is 5.32 Å². The molecule has 0 aliphatic heterocycles. The van der Waals surface area contributed by atoms with Crippen LogP contribution in [-0.4, -0.2) is 17.3 Å². The minimum Gasteiger partial charge on any atom is -0.393 e. The maximum Gasteiger partial charge on any atom is 0.0555 e. The van der Waals surface area contributed by atoms with Gasteiger partial charge in [-0.15, -0.1) is 11.3 Å². The van der Waals surface area contributed by atoms with E-state index in [1.165, 1.54) is 15.8 Å². The van der Waals surface area contributed by atoms with Gasteiger partial charge in [0.25, 0.3) is 0 Å². The Hall–Kier alpha value is 0.100. The molecule has 3 unspecified atom stereocenters. The Kier molecular flexibility index (Phi) is 4.41. The van der Waals surface area contributed by atoms with Crippen LogP contribution in [0.1, 0.15) is 43.5 Å². The van der Waals surface area contributed by atoms with Gasteiger partial charge in [0.15, 0.2) is 0 Å². The molecule has 1 heterocycles. The molecule has 1 fully saturated rings. The SMILES string of the molecule is CC(NC1CCCC(O)C1)c1sccc1Br. The molecule has 1 aliphatic carbocycles. The summed E-state index contributed by atoms with van der Waals surface area (Å²) in [5.74, 6) is 0. The highest BCUT2D eigenvalue weighted by Crippen LogP contribution is 2.30. The van der Waals surface area contributed by atoms with Gasteiger partial charge in [-0.25, -0.2) is 0 Å². The van der Waals surface area contributed by atoms with Gasteiger partial charge in [0.05, 0.1) is 6.10 Å². The lowest BCUT2D eigenvalue weighted by atomic mass is 9.92. The number of nitrogens with one attached hydrogen (secondary N) is 1. The summed E-state index contributed by atoms with van der Waals surface area (Å²) < 4.78 is 1.19. The molecule has 1 aliphatic rings. The van der Waals surface area contributed by atoms with Crippen molar-refractivity contribution in [2.24, 2.45) is 0 Å². The maximum absolute atomic E-state index is 9.63. The average Bonchev–Trinajstić information content (AvgIpc) is 2.64. The van der Waals surface area contributed by atoms with E-state index in [0.29, 0.717) is 12.1 Å². The summed E-state index contributed by atoms with van der Waals surface area (Å²) in [6.45, 7) is 2.19. The van der Waals surface area contributed by atoms with Gasteiger partial charge in [0.1, 0.15) is 0 Å². The Bertz CT molecular complexity index is 342. The number of aliphatic hydroxyl groups excluding tert-OH is 1. The fourth-order valence-electron chi connectivity index (χ4n) is 2.36. The number of hydrogen-bond donors (Lipinski definition) is 2. The maximum atomic E-state index is 9.63. The molecule has 2 N–H and O–H groups in total. The second-order valence-corrected chi connectivity index (χ2v) is 6.34. The van der Waals surface area contributed by atoms with Gasteiger partial charge in [-0.3, -0.25) is 0 Å². The smallest absolute Gasteiger partial charge is 0.0555 e. The highest BCUT2D eigenvalue weighted by atomic mass is 79.9. The van der Waals surface area contributed by atoms with Crippen LogP contribution in [0.2, 0.25) is 0 Å². The predicted octanol–water partition coefficient (Wildman–Crippen LogP) is 3.46. The molecule has 16 heavy (non-hydrogen) atoms. The van der Waals surface area contributed by atoms with Crippen LogP contribution < -0.4 is 5.32 Å². The van der Waals surface area contributed by atoms with Crippen molar-refractivity contribution < 1.29 is 5.11 Å².